The Balaban J connectivity index is 1.48. The highest BCUT2D eigenvalue weighted by atomic mass is 19.1. The van der Waals surface area contributed by atoms with Crippen LogP contribution in [-0.4, -0.2) is 10.7 Å². The first-order valence-corrected chi connectivity index (χ1v) is 12.4. The first-order valence-electron chi connectivity index (χ1n) is 12.4. The Labute approximate surface area is 203 Å². The summed E-state index contributed by atoms with van der Waals surface area (Å²) in [4.78, 5) is 0. The molecule has 2 fully saturated rings. The maximum absolute atomic E-state index is 14.6. The lowest BCUT2D eigenvalue weighted by Gasteiger charge is -2.18. The number of aliphatic hydroxyl groups is 1. The third-order valence-electron chi connectivity index (χ3n) is 7.19. The Bertz CT molecular complexity index is 1140. The predicted molar refractivity (Wildman–Crippen MR) is 138 cm³/mol. The summed E-state index contributed by atoms with van der Waals surface area (Å²) in [7, 11) is 0. The zero-order chi connectivity index (χ0) is 24.6. The highest BCUT2D eigenvalue weighted by Crippen LogP contribution is 2.57. The van der Waals surface area contributed by atoms with Crippen molar-refractivity contribution in [3.63, 3.8) is 0 Å². The summed E-state index contributed by atoms with van der Waals surface area (Å²) < 4.78 is 20.5. The first-order chi connectivity index (χ1) is 16.1. The molecule has 0 bridgehead atoms. The van der Waals surface area contributed by atoms with E-state index in [2.05, 4.69) is 45.6 Å². The van der Waals surface area contributed by atoms with Crippen molar-refractivity contribution in [2.45, 2.75) is 72.5 Å². The Morgan fingerprint density at radius 3 is 2.56 bits per heavy atom. The number of ether oxygens (including phenoxy) is 1. The molecule has 2 nitrogen and oxygen atoms in total. The number of halogens is 1. The van der Waals surface area contributed by atoms with Crippen molar-refractivity contribution in [2.24, 2.45) is 11.8 Å². The molecule has 2 atom stereocenters. The Morgan fingerprint density at radius 1 is 1.21 bits per heavy atom. The lowest BCUT2D eigenvalue weighted by molar-refractivity contribution is 0.0714. The van der Waals surface area contributed by atoms with E-state index in [1.165, 1.54) is 29.2 Å². The lowest BCUT2D eigenvalue weighted by Crippen LogP contribution is -2.19. The summed E-state index contributed by atoms with van der Waals surface area (Å²) in [6, 6.07) is 9.60. The number of benzene rings is 2. The standard InChI is InChI=1S/C31H37FO2/c1-7-27-24(16-25-17-28(25)27)14-21(4)34-18-26-15-23(8-9-29(26)32)30-19(2)12-22(13-20(30)3)10-11-31(5,6)33/h7-9,12-15,25,28,33H,4,10-11,16-18H2,1-3,5-6H3/b24-14-,27-7+. The maximum atomic E-state index is 14.6. The second-order valence-electron chi connectivity index (χ2n) is 10.7. The van der Waals surface area contributed by atoms with Crippen molar-refractivity contribution >= 4 is 0 Å². The van der Waals surface area contributed by atoms with Gasteiger partial charge in [0.15, 0.2) is 0 Å². The van der Waals surface area contributed by atoms with Gasteiger partial charge in [-0.1, -0.05) is 30.9 Å². The minimum absolute atomic E-state index is 0.155. The molecule has 0 amide bonds. The molecule has 3 heteroatoms. The van der Waals surface area contributed by atoms with E-state index in [4.69, 9.17) is 4.74 Å². The molecule has 34 heavy (non-hydrogen) atoms. The van der Waals surface area contributed by atoms with Crippen molar-refractivity contribution in [1.82, 2.24) is 0 Å². The lowest BCUT2D eigenvalue weighted by atomic mass is 9.90. The Kier molecular flexibility index (Phi) is 6.87. The monoisotopic (exact) mass is 460 g/mol. The summed E-state index contributed by atoms with van der Waals surface area (Å²) in [6.07, 6.45) is 8.18. The average molecular weight is 461 g/mol. The summed E-state index contributed by atoms with van der Waals surface area (Å²) in [5, 5.41) is 10.1. The van der Waals surface area contributed by atoms with Gasteiger partial charge in [-0.05, 0) is 129 Å². The molecule has 2 unspecified atom stereocenters. The van der Waals surface area contributed by atoms with E-state index < -0.39 is 5.60 Å². The quantitative estimate of drug-likeness (QED) is 0.408. The highest BCUT2D eigenvalue weighted by Gasteiger charge is 2.46. The molecule has 2 aromatic carbocycles. The molecule has 0 radical (unpaired) electrons. The molecular weight excluding hydrogens is 423 g/mol. The molecule has 4 rings (SSSR count). The summed E-state index contributed by atoms with van der Waals surface area (Å²) in [5.41, 5.74) is 8.22. The normalized spacial score (nSPS) is 21.7. The third kappa shape index (κ3) is 5.52. The van der Waals surface area contributed by atoms with Gasteiger partial charge < -0.3 is 9.84 Å². The Morgan fingerprint density at radius 2 is 1.91 bits per heavy atom. The van der Waals surface area contributed by atoms with Crippen LogP contribution >= 0.6 is 0 Å². The average Bonchev–Trinajstić information content (AvgIpc) is 3.42. The highest BCUT2D eigenvalue weighted by molar-refractivity contribution is 5.72. The third-order valence-corrected chi connectivity index (χ3v) is 7.19. The summed E-state index contributed by atoms with van der Waals surface area (Å²) in [6.45, 7) is 14.2. The van der Waals surface area contributed by atoms with Crippen LogP contribution in [-0.2, 0) is 17.8 Å². The van der Waals surface area contributed by atoms with Crippen molar-refractivity contribution in [3.05, 3.63) is 94.0 Å². The van der Waals surface area contributed by atoms with Crippen LogP contribution in [0.5, 0.6) is 0 Å². The molecule has 0 heterocycles. The van der Waals surface area contributed by atoms with E-state index >= 15 is 0 Å². The number of aryl methyl sites for hydroxylation is 3. The number of allylic oxidation sites excluding steroid dienone is 4. The minimum Gasteiger partial charge on any atom is -0.489 e. The van der Waals surface area contributed by atoms with Gasteiger partial charge in [0.05, 0.1) is 5.60 Å². The van der Waals surface area contributed by atoms with Crippen LogP contribution in [0.4, 0.5) is 4.39 Å². The summed E-state index contributed by atoms with van der Waals surface area (Å²) >= 11 is 0. The Hall–Kier alpha value is -2.65. The molecule has 0 spiro atoms. The molecular formula is C31H37FO2. The van der Waals surface area contributed by atoms with Crippen LogP contribution < -0.4 is 0 Å². The maximum Gasteiger partial charge on any atom is 0.129 e. The van der Waals surface area contributed by atoms with Gasteiger partial charge >= 0.3 is 0 Å². The number of hydrogen-bond acceptors (Lipinski definition) is 2. The molecule has 0 aromatic heterocycles. The van der Waals surface area contributed by atoms with Crippen molar-refractivity contribution in [2.75, 3.05) is 0 Å². The molecule has 0 aliphatic heterocycles. The van der Waals surface area contributed by atoms with Gasteiger partial charge in [0.25, 0.3) is 0 Å². The predicted octanol–water partition coefficient (Wildman–Crippen LogP) is 7.76. The van der Waals surface area contributed by atoms with Crippen molar-refractivity contribution < 1.29 is 14.2 Å². The zero-order valence-corrected chi connectivity index (χ0v) is 21.2. The van der Waals surface area contributed by atoms with Crippen LogP contribution in [0.25, 0.3) is 11.1 Å². The number of hydrogen-bond donors (Lipinski definition) is 1. The van der Waals surface area contributed by atoms with Crippen LogP contribution in [0.1, 0.15) is 62.3 Å². The van der Waals surface area contributed by atoms with Crippen LogP contribution in [0.15, 0.2) is 66.0 Å². The van der Waals surface area contributed by atoms with Gasteiger partial charge in [-0.3, -0.25) is 0 Å². The summed E-state index contributed by atoms with van der Waals surface area (Å²) in [5.74, 6) is 1.85. The molecule has 2 aromatic rings. The van der Waals surface area contributed by atoms with E-state index in [0.717, 1.165) is 46.9 Å². The van der Waals surface area contributed by atoms with Crippen LogP contribution in [0.2, 0.25) is 0 Å². The largest absolute Gasteiger partial charge is 0.489 e. The second-order valence-corrected chi connectivity index (χ2v) is 10.7. The van der Waals surface area contributed by atoms with E-state index in [1.807, 2.05) is 32.1 Å². The second kappa shape index (κ2) is 9.54. The van der Waals surface area contributed by atoms with Gasteiger partial charge in [0, 0.05) is 5.56 Å². The van der Waals surface area contributed by atoms with Gasteiger partial charge in [-0.15, -0.1) is 0 Å². The smallest absolute Gasteiger partial charge is 0.129 e. The topological polar surface area (TPSA) is 29.5 Å². The van der Waals surface area contributed by atoms with Crippen LogP contribution in [0.3, 0.4) is 0 Å². The van der Waals surface area contributed by atoms with E-state index in [1.54, 1.807) is 0 Å². The molecule has 2 aliphatic rings. The fourth-order valence-electron chi connectivity index (χ4n) is 5.38. The molecule has 0 saturated heterocycles. The van der Waals surface area contributed by atoms with Crippen molar-refractivity contribution in [1.29, 1.82) is 0 Å². The van der Waals surface area contributed by atoms with Gasteiger partial charge in [0.2, 0.25) is 0 Å². The molecule has 2 aliphatic carbocycles. The first kappa shape index (κ1) is 24.5. The van der Waals surface area contributed by atoms with Gasteiger partial charge in [0.1, 0.15) is 18.2 Å². The number of fused-ring (bicyclic) bond motifs is 1. The number of rotatable bonds is 8. The fourth-order valence-corrected chi connectivity index (χ4v) is 5.38. The molecule has 180 valence electrons. The van der Waals surface area contributed by atoms with E-state index in [0.29, 0.717) is 17.7 Å². The zero-order valence-electron chi connectivity index (χ0n) is 21.2. The molecule has 1 N–H and O–H groups in total. The van der Waals surface area contributed by atoms with Crippen molar-refractivity contribution in [3.8, 4) is 11.1 Å². The van der Waals surface area contributed by atoms with E-state index in [9.17, 15) is 9.50 Å². The SMILES string of the molecule is C=C(/C=C1/CC2CC2/C1=C/C)OCc1cc(-c2c(C)cc(CCC(C)(C)O)cc2C)ccc1F. The van der Waals surface area contributed by atoms with Crippen LogP contribution in [0, 0.1) is 31.5 Å². The van der Waals surface area contributed by atoms with Gasteiger partial charge in [-0.25, -0.2) is 4.39 Å². The fraction of sp³-hybridized carbons (Fsp3) is 0.419. The minimum atomic E-state index is -0.682. The van der Waals surface area contributed by atoms with Gasteiger partial charge in [-0.2, -0.15) is 0 Å². The molecule has 2 saturated carbocycles. The van der Waals surface area contributed by atoms with E-state index in [-0.39, 0.29) is 12.4 Å².